The Bertz CT molecular complexity index is 435. The molecule has 1 N–H and O–H groups in total. The molecule has 1 unspecified atom stereocenters. The van der Waals surface area contributed by atoms with Gasteiger partial charge in [0.05, 0.1) is 10.9 Å². The summed E-state index contributed by atoms with van der Waals surface area (Å²) in [5, 5.41) is 2.33. The highest BCUT2D eigenvalue weighted by atomic mass is 35.5. The van der Waals surface area contributed by atoms with Crippen LogP contribution in [0.4, 0.5) is 8.78 Å². The van der Waals surface area contributed by atoms with Crippen LogP contribution in [0.2, 0.25) is 0 Å². The lowest BCUT2D eigenvalue weighted by Gasteiger charge is -2.19. The fraction of sp³-hybridized carbons (Fsp3) is 0.500. The van der Waals surface area contributed by atoms with E-state index in [9.17, 15) is 13.6 Å². The lowest BCUT2D eigenvalue weighted by atomic mass is 9.99. The third-order valence-corrected chi connectivity index (χ3v) is 3.72. The molecule has 0 saturated carbocycles. The summed E-state index contributed by atoms with van der Waals surface area (Å²) in [6.45, 7) is 4.29. The van der Waals surface area contributed by atoms with Gasteiger partial charge in [-0.2, -0.15) is 0 Å². The van der Waals surface area contributed by atoms with Crippen molar-refractivity contribution >= 4 is 17.5 Å². The summed E-state index contributed by atoms with van der Waals surface area (Å²) in [7, 11) is 0. The van der Waals surface area contributed by atoms with E-state index in [-0.39, 0.29) is 17.5 Å². The second-order valence-electron chi connectivity index (χ2n) is 4.40. The van der Waals surface area contributed by atoms with Crippen LogP contribution in [0.25, 0.3) is 0 Å². The van der Waals surface area contributed by atoms with Crippen LogP contribution >= 0.6 is 11.6 Å². The van der Waals surface area contributed by atoms with Gasteiger partial charge in [-0.25, -0.2) is 8.78 Å². The lowest BCUT2D eigenvalue weighted by molar-refractivity contribution is 0.0946. The first kappa shape index (κ1) is 15.9. The number of hydrogen-bond donors (Lipinski definition) is 1. The largest absolute Gasteiger partial charge is 0.350 e. The van der Waals surface area contributed by atoms with Crippen molar-refractivity contribution in [3.63, 3.8) is 0 Å². The molecule has 0 bridgehead atoms. The normalized spacial score (nSPS) is 12.5. The Hall–Kier alpha value is -1.16. The van der Waals surface area contributed by atoms with Crippen LogP contribution in [0.3, 0.4) is 0 Å². The average molecular weight is 290 g/mol. The number of amides is 1. The van der Waals surface area contributed by atoms with Crippen LogP contribution in [0, 0.1) is 17.6 Å². The molecule has 0 aliphatic rings. The molecule has 1 atom stereocenters. The van der Waals surface area contributed by atoms with E-state index in [1.807, 2.05) is 13.8 Å². The quantitative estimate of drug-likeness (QED) is 0.794. The second-order valence-corrected chi connectivity index (χ2v) is 4.96. The molecule has 1 aromatic rings. The Morgan fingerprint density at radius 2 is 1.95 bits per heavy atom. The van der Waals surface area contributed by atoms with Crippen LogP contribution in [-0.2, 0) is 0 Å². The summed E-state index contributed by atoms with van der Waals surface area (Å²) in [4.78, 5) is 11.7. The van der Waals surface area contributed by atoms with E-state index in [0.29, 0.717) is 5.92 Å². The molecule has 0 spiro atoms. The number of nitrogens with one attached hydrogen (secondary N) is 1. The van der Waals surface area contributed by atoms with Gasteiger partial charge in [-0.1, -0.05) is 32.8 Å². The zero-order chi connectivity index (χ0) is 14.4. The van der Waals surface area contributed by atoms with E-state index in [2.05, 4.69) is 5.32 Å². The van der Waals surface area contributed by atoms with Crippen molar-refractivity contribution in [3.8, 4) is 0 Å². The van der Waals surface area contributed by atoms with Crippen molar-refractivity contribution in [2.45, 2.75) is 32.1 Å². The van der Waals surface area contributed by atoms with Gasteiger partial charge in [0.2, 0.25) is 0 Å². The molecule has 0 radical (unpaired) electrons. The van der Waals surface area contributed by atoms with Gasteiger partial charge in [-0.3, -0.25) is 4.79 Å². The van der Waals surface area contributed by atoms with Gasteiger partial charge in [0.25, 0.3) is 5.91 Å². The van der Waals surface area contributed by atoms with Crippen molar-refractivity contribution in [1.29, 1.82) is 0 Å². The summed E-state index contributed by atoms with van der Waals surface area (Å²) >= 11 is 6.17. The predicted octanol–water partition coefficient (Wildman–Crippen LogP) is 3.74. The van der Waals surface area contributed by atoms with Crippen LogP contribution in [-0.4, -0.2) is 17.8 Å². The Morgan fingerprint density at radius 1 is 1.32 bits per heavy atom. The first-order valence-corrected chi connectivity index (χ1v) is 6.81. The van der Waals surface area contributed by atoms with E-state index >= 15 is 0 Å². The van der Waals surface area contributed by atoms with E-state index in [0.717, 1.165) is 18.9 Å². The number of benzene rings is 1. The molecule has 19 heavy (non-hydrogen) atoms. The van der Waals surface area contributed by atoms with Crippen molar-refractivity contribution in [1.82, 2.24) is 5.32 Å². The van der Waals surface area contributed by atoms with Crippen molar-refractivity contribution < 1.29 is 13.6 Å². The predicted molar refractivity (Wildman–Crippen MR) is 72.4 cm³/mol. The third kappa shape index (κ3) is 4.16. The first-order valence-electron chi connectivity index (χ1n) is 6.37. The Balaban J connectivity index is 2.63. The van der Waals surface area contributed by atoms with Crippen LogP contribution in [0.5, 0.6) is 0 Å². The van der Waals surface area contributed by atoms with E-state index < -0.39 is 17.5 Å². The number of halogens is 3. The van der Waals surface area contributed by atoms with Gasteiger partial charge < -0.3 is 5.32 Å². The molecule has 0 fully saturated rings. The number of rotatable bonds is 6. The second kappa shape index (κ2) is 7.43. The number of hydrogen-bond acceptors (Lipinski definition) is 1. The maximum Gasteiger partial charge on any atom is 0.254 e. The standard InChI is InChI=1S/C14H18ClF2NO/c1-3-9(4-2)11(15)8-18-14(19)10-6-5-7-12(16)13(10)17/h5-7,9,11H,3-4,8H2,1-2H3,(H,18,19). The fourth-order valence-corrected chi connectivity index (χ4v) is 2.36. The summed E-state index contributed by atoms with van der Waals surface area (Å²) in [6.07, 6.45) is 1.82. The maximum absolute atomic E-state index is 13.4. The van der Waals surface area contributed by atoms with Gasteiger partial charge in [0.15, 0.2) is 11.6 Å². The van der Waals surface area contributed by atoms with Crippen LogP contribution in [0.1, 0.15) is 37.0 Å². The molecule has 2 nitrogen and oxygen atoms in total. The molecule has 0 heterocycles. The van der Waals surface area contributed by atoms with Gasteiger partial charge in [-0.05, 0) is 18.1 Å². The van der Waals surface area contributed by atoms with E-state index in [1.54, 1.807) is 0 Å². The topological polar surface area (TPSA) is 29.1 Å². The monoisotopic (exact) mass is 289 g/mol. The van der Waals surface area contributed by atoms with Crippen molar-refractivity contribution in [3.05, 3.63) is 35.4 Å². The number of alkyl halides is 1. The average Bonchev–Trinajstić information content (AvgIpc) is 2.40. The summed E-state index contributed by atoms with van der Waals surface area (Å²) < 4.78 is 26.4. The molecule has 106 valence electrons. The molecule has 0 aromatic heterocycles. The number of carbonyl (C=O) groups excluding carboxylic acids is 1. The fourth-order valence-electron chi connectivity index (χ4n) is 1.93. The highest BCUT2D eigenvalue weighted by Gasteiger charge is 2.19. The van der Waals surface area contributed by atoms with Crippen molar-refractivity contribution in [2.24, 2.45) is 5.92 Å². The minimum absolute atomic E-state index is 0.212. The Kier molecular flexibility index (Phi) is 6.22. The maximum atomic E-state index is 13.4. The zero-order valence-corrected chi connectivity index (χ0v) is 11.8. The van der Waals surface area contributed by atoms with Gasteiger partial charge in [0.1, 0.15) is 0 Å². The molecular formula is C14H18ClF2NO. The SMILES string of the molecule is CCC(CC)C(Cl)CNC(=O)c1cccc(F)c1F. The van der Waals surface area contributed by atoms with Gasteiger partial charge in [0, 0.05) is 6.54 Å². The zero-order valence-electron chi connectivity index (χ0n) is 11.1. The van der Waals surface area contributed by atoms with Crippen LogP contribution in [0.15, 0.2) is 18.2 Å². The van der Waals surface area contributed by atoms with E-state index in [4.69, 9.17) is 11.6 Å². The minimum Gasteiger partial charge on any atom is -0.350 e. The Labute approximate surface area is 117 Å². The molecule has 1 rings (SSSR count). The Morgan fingerprint density at radius 3 is 2.53 bits per heavy atom. The summed E-state index contributed by atoms with van der Waals surface area (Å²) in [6, 6.07) is 3.52. The van der Waals surface area contributed by atoms with Gasteiger partial charge >= 0.3 is 0 Å². The summed E-state index contributed by atoms with van der Waals surface area (Å²) in [5.74, 6) is -2.52. The highest BCUT2D eigenvalue weighted by molar-refractivity contribution is 6.21. The first-order chi connectivity index (χ1) is 9.01. The highest BCUT2D eigenvalue weighted by Crippen LogP contribution is 2.18. The molecule has 0 aliphatic heterocycles. The molecular weight excluding hydrogens is 272 g/mol. The van der Waals surface area contributed by atoms with Gasteiger partial charge in [-0.15, -0.1) is 11.6 Å². The van der Waals surface area contributed by atoms with E-state index in [1.165, 1.54) is 12.1 Å². The smallest absolute Gasteiger partial charge is 0.254 e. The summed E-state index contributed by atoms with van der Waals surface area (Å²) in [5.41, 5.74) is -0.298. The molecule has 1 aromatic carbocycles. The molecule has 5 heteroatoms. The molecule has 1 amide bonds. The van der Waals surface area contributed by atoms with Crippen molar-refractivity contribution in [2.75, 3.05) is 6.54 Å². The minimum atomic E-state index is -1.13. The molecule has 0 aliphatic carbocycles. The third-order valence-electron chi connectivity index (χ3n) is 3.21. The number of carbonyl (C=O) groups is 1. The van der Waals surface area contributed by atoms with Crippen LogP contribution < -0.4 is 5.32 Å². The lowest BCUT2D eigenvalue weighted by Crippen LogP contribution is -2.33. The molecule has 0 saturated heterocycles.